The van der Waals surface area contributed by atoms with Crippen LogP contribution in [0.4, 0.5) is 5.69 Å². The second-order valence-electron chi connectivity index (χ2n) is 5.28. The van der Waals surface area contributed by atoms with Gasteiger partial charge in [-0.3, -0.25) is 0 Å². The van der Waals surface area contributed by atoms with E-state index in [1.807, 2.05) is 12.3 Å². The second-order valence-corrected chi connectivity index (χ2v) is 5.67. The molecule has 0 aromatic carbocycles. The SMILES string of the molecule is Clc1cc(N2CCCC2C2CCCC2)ccn1. The van der Waals surface area contributed by atoms with Crippen molar-refractivity contribution in [2.75, 3.05) is 11.4 Å². The highest BCUT2D eigenvalue weighted by atomic mass is 35.5. The van der Waals surface area contributed by atoms with Gasteiger partial charge in [0.1, 0.15) is 5.15 Å². The van der Waals surface area contributed by atoms with Crippen LogP contribution in [0.5, 0.6) is 0 Å². The maximum absolute atomic E-state index is 5.99. The molecule has 1 unspecified atom stereocenters. The highest BCUT2D eigenvalue weighted by Gasteiger charge is 2.33. The lowest BCUT2D eigenvalue weighted by atomic mass is 9.96. The molecular formula is C14H19ClN2. The summed E-state index contributed by atoms with van der Waals surface area (Å²) in [5, 5.41) is 0.611. The Bertz CT molecular complexity index is 388. The number of pyridine rings is 1. The Hall–Kier alpha value is -0.760. The molecule has 1 aromatic heterocycles. The third-order valence-corrected chi connectivity index (χ3v) is 4.49. The largest absolute Gasteiger partial charge is 0.368 e. The predicted molar refractivity (Wildman–Crippen MR) is 71.6 cm³/mol. The van der Waals surface area contributed by atoms with Crippen molar-refractivity contribution in [3.8, 4) is 0 Å². The lowest BCUT2D eigenvalue weighted by molar-refractivity contribution is 0.431. The Kier molecular flexibility index (Phi) is 3.24. The van der Waals surface area contributed by atoms with Gasteiger partial charge in [-0.25, -0.2) is 4.98 Å². The maximum atomic E-state index is 5.99. The van der Waals surface area contributed by atoms with Crippen LogP contribution in [-0.4, -0.2) is 17.6 Å². The van der Waals surface area contributed by atoms with Gasteiger partial charge < -0.3 is 4.90 Å². The monoisotopic (exact) mass is 250 g/mol. The smallest absolute Gasteiger partial charge is 0.131 e. The fourth-order valence-electron chi connectivity index (χ4n) is 3.52. The molecule has 1 saturated carbocycles. The van der Waals surface area contributed by atoms with Crippen LogP contribution in [0.25, 0.3) is 0 Å². The number of rotatable bonds is 2. The highest BCUT2D eigenvalue weighted by molar-refractivity contribution is 6.29. The summed E-state index contributed by atoms with van der Waals surface area (Å²) < 4.78 is 0. The Morgan fingerprint density at radius 2 is 2.00 bits per heavy atom. The Morgan fingerprint density at radius 1 is 1.18 bits per heavy atom. The van der Waals surface area contributed by atoms with E-state index in [2.05, 4.69) is 16.0 Å². The molecule has 1 aromatic rings. The average molecular weight is 251 g/mol. The number of halogens is 1. The summed E-state index contributed by atoms with van der Waals surface area (Å²) in [7, 11) is 0. The van der Waals surface area contributed by atoms with Gasteiger partial charge in [-0.1, -0.05) is 24.4 Å². The first kappa shape index (κ1) is 11.3. The highest BCUT2D eigenvalue weighted by Crippen LogP contribution is 2.37. The maximum Gasteiger partial charge on any atom is 0.131 e. The van der Waals surface area contributed by atoms with Gasteiger partial charge in [0.15, 0.2) is 0 Å². The van der Waals surface area contributed by atoms with Crippen molar-refractivity contribution in [2.24, 2.45) is 5.92 Å². The van der Waals surface area contributed by atoms with Crippen molar-refractivity contribution in [3.63, 3.8) is 0 Å². The first-order valence-electron chi connectivity index (χ1n) is 6.73. The number of nitrogens with zero attached hydrogens (tertiary/aromatic N) is 2. The van der Waals surface area contributed by atoms with Crippen LogP contribution in [-0.2, 0) is 0 Å². The van der Waals surface area contributed by atoms with Crippen LogP contribution in [0, 0.1) is 5.92 Å². The van der Waals surface area contributed by atoms with E-state index in [4.69, 9.17) is 11.6 Å². The van der Waals surface area contributed by atoms with Gasteiger partial charge in [-0.15, -0.1) is 0 Å². The van der Waals surface area contributed by atoms with Gasteiger partial charge in [0.2, 0.25) is 0 Å². The van der Waals surface area contributed by atoms with E-state index < -0.39 is 0 Å². The van der Waals surface area contributed by atoms with Crippen LogP contribution in [0.1, 0.15) is 38.5 Å². The first-order chi connectivity index (χ1) is 8.34. The number of hydrogen-bond acceptors (Lipinski definition) is 2. The fourth-order valence-corrected chi connectivity index (χ4v) is 3.68. The van der Waals surface area contributed by atoms with Crippen LogP contribution in [0.3, 0.4) is 0 Å². The van der Waals surface area contributed by atoms with E-state index in [0.717, 1.165) is 12.0 Å². The van der Waals surface area contributed by atoms with E-state index in [1.165, 1.54) is 50.8 Å². The molecule has 1 aliphatic carbocycles. The molecule has 1 aliphatic heterocycles. The van der Waals surface area contributed by atoms with Crippen LogP contribution < -0.4 is 4.90 Å². The van der Waals surface area contributed by atoms with Crippen LogP contribution >= 0.6 is 11.6 Å². The zero-order chi connectivity index (χ0) is 11.7. The van der Waals surface area contributed by atoms with Crippen molar-refractivity contribution >= 4 is 17.3 Å². The fraction of sp³-hybridized carbons (Fsp3) is 0.643. The lowest BCUT2D eigenvalue weighted by Gasteiger charge is -2.31. The Balaban J connectivity index is 1.81. The zero-order valence-corrected chi connectivity index (χ0v) is 10.9. The molecule has 0 radical (unpaired) electrons. The summed E-state index contributed by atoms with van der Waals surface area (Å²) in [6.07, 6.45) is 10.2. The summed E-state index contributed by atoms with van der Waals surface area (Å²) in [6.45, 7) is 1.18. The summed E-state index contributed by atoms with van der Waals surface area (Å²) in [6, 6.07) is 4.85. The summed E-state index contributed by atoms with van der Waals surface area (Å²) >= 11 is 5.99. The number of anilines is 1. The molecule has 0 amide bonds. The van der Waals surface area contributed by atoms with E-state index in [0.29, 0.717) is 5.15 Å². The normalized spacial score (nSPS) is 25.7. The molecule has 0 bridgehead atoms. The summed E-state index contributed by atoms with van der Waals surface area (Å²) in [5.74, 6) is 0.907. The standard InChI is InChI=1S/C14H19ClN2/c15-14-10-12(7-8-16-14)17-9-3-6-13(17)11-4-1-2-5-11/h7-8,10-11,13H,1-6,9H2. The molecule has 17 heavy (non-hydrogen) atoms. The van der Waals surface area contributed by atoms with Gasteiger partial charge in [0.25, 0.3) is 0 Å². The van der Waals surface area contributed by atoms with Crippen LogP contribution in [0.2, 0.25) is 5.15 Å². The molecule has 1 atom stereocenters. The van der Waals surface area contributed by atoms with Gasteiger partial charge >= 0.3 is 0 Å². The second kappa shape index (κ2) is 4.85. The average Bonchev–Trinajstić information content (AvgIpc) is 3.00. The predicted octanol–water partition coefficient (Wildman–Crippen LogP) is 3.89. The number of hydrogen-bond donors (Lipinski definition) is 0. The van der Waals surface area contributed by atoms with Gasteiger partial charge in [-0.05, 0) is 43.7 Å². The molecule has 3 heteroatoms. The third kappa shape index (κ3) is 2.28. The molecule has 0 N–H and O–H groups in total. The van der Waals surface area contributed by atoms with E-state index in [1.54, 1.807) is 0 Å². The molecule has 3 rings (SSSR count). The Labute approximate surface area is 108 Å². The summed E-state index contributed by atoms with van der Waals surface area (Å²) in [5.41, 5.74) is 1.26. The quantitative estimate of drug-likeness (QED) is 0.741. The molecule has 2 aliphatic rings. The zero-order valence-electron chi connectivity index (χ0n) is 10.1. The van der Waals surface area contributed by atoms with E-state index >= 15 is 0 Å². The van der Waals surface area contributed by atoms with Gasteiger partial charge in [0, 0.05) is 24.5 Å². The van der Waals surface area contributed by atoms with Crippen molar-refractivity contribution < 1.29 is 0 Å². The summed E-state index contributed by atoms with van der Waals surface area (Å²) in [4.78, 5) is 6.63. The van der Waals surface area contributed by atoms with Gasteiger partial charge in [0.05, 0.1) is 0 Å². The molecule has 2 fully saturated rings. The molecule has 0 spiro atoms. The van der Waals surface area contributed by atoms with Crippen molar-refractivity contribution in [1.82, 2.24) is 4.98 Å². The van der Waals surface area contributed by atoms with Gasteiger partial charge in [-0.2, -0.15) is 0 Å². The third-order valence-electron chi connectivity index (χ3n) is 4.29. The number of aromatic nitrogens is 1. The molecule has 1 saturated heterocycles. The Morgan fingerprint density at radius 3 is 2.76 bits per heavy atom. The molecule has 92 valence electrons. The molecule has 2 nitrogen and oxygen atoms in total. The first-order valence-corrected chi connectivity index (χ1v) is 7.10. The molecular weight excluding hydrogens is 232 g/mol. The van der Waals surface area contributed by atoms with Crippen molar-refractivity contribution in [2.45, 2.75) is 44.6 Å². The topological polar surface area (TPSA) is 16.1 Å². The van der Waals surface area contributed by atoms with Crippen LogP contribution in [0.15, 0.2) is 18.3 Å². The van der Waals surface area contributed by atoms with E-state index in [-0.39, 0.29) is 0 Å². The minimum Gasteiger partial charge on any atom is -0.368 e. The van der Waals surface area contributed by atoms with E-state index in [9.17, 15) is 0 Å². The lowest BCUT2D eigenvalue weighted by Crippen LogP contribution is -2.34. The van der Waals surface area contributed by atoms with Crippen molar-refractivity contribution in [3.05, 3.63) is 23.5 Å². The molecule has 2 heterocycles. The minimum absolute atomic E-state index is 0.611. The minimum atomic E-state index is 0.611. The van der Waals surface area contributed by atoms with Crippen molar-refractivity contribution in [1.29, 1.82) is 0 Å².